The van der Waals surface area contributed by atoms with Crippen LogP contribution in [-0.4, -0.2) is 45.7 Å². The largest absolute Gasteiger partial charge is 0.481 e. The van der Waals surface area contributed by atoms with Crippen molar-refractivity contribution in [1.29, 1.82) is 0 Å². The van der Waals surface area contributed by atoms with Crippen molar-refractivity contribution in [2.75, 3.05) is 6.54 Å². The van der Waals surface area contributed by atoms with Gasteiger partial charge in [0.25, 0.3) is 0 Å². The van der Waals surface area contributed by atoms with Gasteiger partial charge in [-0.25, -0.2) is 0 Å². The molecule has 0 aliphatic carbocycles. The number of nitrogens with zero attached hydrogens (tertiary/aromatic N) is 1. The molecule has 1 aliphatic rings. The summed E-state index contributed by atoms with van der Waals surface area (Å²) in [5.74, 6) is -4.36. The van der Waals surface area contributed by atoms with Crippen molar-refractivity contribution in [3.8, 4) is 0 Å². The maximum atomic E-state index is 14.5. The highest BCUT2D eigenvalue weighted by Gasteiger charge is 2.39. The van der Waals surface area contributed by atoms with E-state index in [4.69, 9.17) is 16.7 Å². The van der Waals surface area contributed by atoms with Gasteiger partial charge in [0.15, 0.2) is 0 Å². The lowest BCUT2D eigenvalue weighted by molar-refractivity contribution is -0.137. The van der Waals surface area contributed by atoms with Gasteiger partial charge in [-0.05, 0) is 31.4 Å². The van der Waals surface area contributed by atoms with E-state index < -0.39 is 18.0 Å². The number of carbonyl (C=O) groups excluding carboxylic acids is 1. The third-order valence-corrected chi connectivity index (χ3v) is 5.25. The molecule has 0 aromatic heterocycles. The summed E-state index contributed by atoms with van der Waals surface area (Å²) in [5.41, 5.74) is -0.372. The summed E-state index contributed by atoms with van der Waals surface area (Å²) in [6, 6.07) is 4.88. The van der Waals surface area contributed by atoms with Crippen LogP contribution < -0.4 is 0 Å². The van der Waals surface area contributed by atoms with Crippen molar-refractivity contribution >= 4 is 23.5 Å². The molecule has 2 atom stereocenters. The number of aliphatic carboxylic acids is 1. The topological polar surface area (TPSA) is 77.8 Å². The molecule has 5 nitrogen and oxygen atoms in total. The molecule has 1 amide bonds. The van der Waals surface area contributed by atoms with Crippen LogP contribution in [0, 0.1) is 0 Å². The number of likely N-dealkylation sites (tertiary alicyclic amines) is 1. The van der Waals surface area contributed by atoms with Crippen molar-refractivity contribution < 1.29 is 28.6 Å². The van der Waals surface area contributed by atoms with Crippen molar-refractivity contribution in [3.63, 3.8) is 0 Å². The van der Waals surface area contributed by atoms with E-state index in [9.17, 15) is 23.5 Å². The second-order valence-electron chi connectivity index (χ2n) is 7.21. The van der Waals surface area contributed by atoms with Crippen LogP contribution >= 0.6 is 11.6 Å². The Bertz CT molecular complexity index is 741. The fourth-order valence-corrected chi connectivity index (χ4v) is 3.57. The highest BCUT2D eigenvalue weighted by molar-refractivity contribution is 6.30. The lowest BCUT2D eigenvalue weighted by atomic mass is 10.0. The Labute approximate surface area is 174 Å². The minimum Gasteiger partial charge on any atom is -0.481 e. The Morgan fingerprint density at radius 3 is 2.72 bits per heavy atom. The molecule has 8 heteroatoms. The summed E-state index contributed by atoms with van der Waals surface area (Å²) in [5, 5.41) is 18.8. The number of benzene rings is 1. The number of aliphatic hydroxyl groups is 1. The van der Waals surface area contributed by atoms with Crippen LogP contribution in [0.2, 0.25) is 5.02 Å². The highest BCUT2D eigenvalue weighted by atomic mass is 35.5. The van der Waals surface area contributed by atoms with Gasteiger partial charge in [0, 0.05) is 30.0 Å². The number of carboxylic acid groups (broad SMARTS) is 1. The number of unbranched alkanes of at least 4 members (excludes halogenated alkanes) is 3. The van der Waals surface area contributed by atoms with E-state index in [-0.39, 0.29) is 29.0 Å². The summed E-state index contributed by atoms with van der Waals surface area (Å²) in [6.07, 6.45) is 4.35. The van der Waals surface area contributed by atoms with Crippen LogP contribution in [0.4, 0.5) is 8.78 Å². The summed E-state index contributed by atoms with van der Waals surface area (Å²) in [7, 11) is 0. The number of rotatable bonds is 11. The predicted molar refractivity (Wildman–Crippen MR) is 106 cm³/mol. The lowest BCUT2D eigenvalue weighted by Gasteiger charge is -2.24. The van der Waals surface area contributed by atoms with Crippen LogP contribution in [0.1, 0.15) is 50.5 Å². The summed E-state index contributed by atoms with van der Waals surface area (Å²) >= 11 is 5.76. The minimum atomic E-state index is -3.50. The maximum Gasteiger partial charge on any atom is 0.303 e. The summed E-state index contributed by atoms with van der Waals surface area (Å²) < 4.78 is 28.9. The van der Waals surface area contributed by atoms with Gasteiger partial charge in [-0.2, -0.15) is 8.78 Å². The molecule has 1 saturated heterocycles. The maximum absolute atomic E-state index is 14.5. The number of aliphatic hydroxyl groups excluding tert-OH is 1. The fraction of sp³-hybridized carbons (Fsp3) is 0.524. The molecule has 0 radical (unpaired) electrons. The Morgan fingerprint density at radius 2 is 2.03 bits per heavy atom. The Balaban J connectivity index is 1.90. The number of carboxylic acids is 1. The van der Waals surface area contributed by atoms with Crippen molar-refractivity contribution in [1.82, 2.24) is 4.90 Å². The minimum absolute atomic E-state index is 0.0405. The Morgan fingerprint density at radius 1 is 1.31 bits per heavy atom. The second-order valence-corrected chi connectivity index (χ2v) is 7.65. The van der Waals surface area contributed by atoms with Gasteiger partial charge in [0.05, 0.1) is 6.04 Å². The molecular formula is C21H26ClF2NO4. The molecule has 2 rings (SSSR count). The van der Waals surface area contributed by atoms with Crippen LogP contribution in [0.5, 0.6) is 0 Å². The van der Waals surface area contributed by atoms with Gasteiger partial charge in [-0.15, -0.1) is 0 Å². The number of alkyl halides is 2. The van der Waals surface area contributed by atoms with Gasteiger partial charge < -0.3 is 15.1 Å². The first kappa shape index (κ1) is 23.3. The van der Waals surface area contributed by atoms with Crippen LogP contribution in [-0.2, 0) is 15.5 Å². The SMILES string of the molecule is O=C(O)CCCCCCN1C(=O)CC[C@@H]1/C=C/C(O)C(F)(F)c1cccc(Cl)c1. The van der Waals surface area contributed by atoms with Crippen LogP contribution in [0.15, 0.2) is 36.4 Å². The number of hydrogen-bond acceptors (Lipinski definition) is 3. The van der Waals surface area contributed by atoms with Gasteiger partial charge >= 0.3 is 11.9 Å². The molecule has 1 heterocycles. The normalized spacial score (nSPS) is 18.6. The molecular weight excluding hydrogens is 404 g/mol. The number of carbonyl (C=O) groups is 2. The molecule has 0 spiro atoms. The zero-order valence-electron chi connectivity index (χ0n) is 16.1. The molecule has 0 saturated carbocycles. The standard InChI is InChI=1S/C21H26ClF2NO4/c22-16-7-5-6-15(14-16)21(23,24)18(26)11-9-17-10-12-19(27)25(17)13-4-2-1-3-8-20(28)29/h5-7,9,11,14,17-18,26H,1-4,8,10,12-13H2,(H,28,29)/b11-9+/t17-,18?/m0/s1. The summed E-state index contributed by atoms with van der Waals surface area (Å²) in [6.45, 7) is 0.488. The van der Waals surface area contributed by atoms with E-state index >= 15 is 0 Å². The third-order valence-electron chi connectivity index (χ3n) is 5.01. The van der Waals surface area contributed by atoms with E-state index in [1.165, 1.54) is 24.3 Å². The molecule has 1 fully saturated rings. The lowest BCUT2D eigenvalue weighted by Crippen LogP contribution is -2.34. The van der Waals surface area contributed by atoms with E-state index in [1.54, 1.807) is 4.90 Å². The molecule has 160 valence electrons. The quantitative estimate of drug-likeness (QED) is 0.404. The first-order valence-corrected chi connectivity index (χ1v) is 10.1. The number of halogens is 3. The van der Waals surface area contributed by atoms with Crippen molar-refractivity contribution in [2.45, 2.75) is 63.0 Å². The molecule has 1 aromatic carbocycles. The van der Waals surface area contributed by atoms with E-state index in [1.807, 2.05) is 0 Å². The molecule has 1 unspecified atom stereocenters. The zero-order chi connectivity index (χ0) is 21.4. The fourth-order valence-electron chi connectivity index (χ4n) is 3.38. The molecule has 1 aliphatic heterocycles. The average Bonchev–Trinajstić information content (AvgIpc) is 3.02. The van der Waals surface area contributed by atoms with E-state index in [2.05, 4.69) is 0 Å². The zero-order valence-corrected chi connectivity index (χ0v) is 16.8. The van der Waals surface area contributed by atoms with Crippen LogP contribution in [0.25, 0.3) is 0 Å². The van der Waals surface area contributed by atoms with Gasteiger partial charge in [0.2, 0.25) is 5.91 Å². The van der Waals surface area contributed by atoms with Crippen molar-refractivity contribution in [2.24, 2.45) is 0 Å². The third kappa shape index (κ3) is 6.78. The van der Waals surface area contributed by atoms with Gasteiger partial charge in [-0.1, -0.05) is 48.7 Å². The van der Waals surface area contributed by atoms with Gasteiger partial charge in [0.1, 0.15) is 6.10 Å². The first-order chi connectivity index (χ1) is 13.7. The average molecular weight is 430 g/mol. The smallest absolute Gasteiger partial charge is 0.303 e. The van der Waals surface area contributed by atoms with Crippen LogP contribution in [0.3, 0.4) is 0 Å². The van der Waals surface area contributed by atoms with Crippen molar-refractivity contribution in [3.05, 3.63) is 47.0 Å². The monoisotopic (exact) mass is 429 g/mol. The molecule has 2 N–H and O–H groups in total. The first-order valence-electron chi connectivity index (χ1n) is 9.73. The Kier molecular flexibility index (Phi) is 8.59. The van der Waals surface area contributed by atoms with E-state index in [0.29, 0.717) is 25.8 Å². The highest BCUT2D eigenvalue weighted by Crippen LogP contribution is 2.34. The molecule has 1 aromatic rings. The van der Waals surface area contributed by atoms with Gasteiger partial charge in [-0.3, -0.25) is 9.59 Å². The Hall–Kier alpha value is -1.99. The summed E-state index contributed by atoms with van der Waals surface area (Å²) in [4.78, 5) is 24.2. The second kappa shape index (κ2) is 10.7. The van der Waals surface area contributed by atoms with E-state index in [0.717, 1.165) is 31.4 Å². The molecule has 29 heavy (non-hydrogen) atoms. The predicted octanol–water partition coefficient (Wildman–Crippen LogP) is 4.38. The number of hydrogen-bond donors (Lipinski definition) is 2. The number of amides is 1. The molecule has 0 bridgehead atoms.